The Hall–Kier alpha value is -1.82. The summed E-state index contributed by atoms with van der Waals surface area (Å²) >= 11 is 0. The molecule has 1 saturated heterocycles. The highest BCUT2D eigenvalue weighted by molar-refractivity contribution is 5.90. The average Bonchev–Trinajstić information content (AvgIpc) is 3.11. The Kier molecular flexibility index (Phi) is 6.21. The summed E-state index contributed by atoms with van der Waals surface area (Å²) in [6.07, 6.45) is 1.00. The first-order chi connectivity index (χ1) is 11.0. The lowest BCUT2D eigenvalue weighted by Crippen LogP contribution is -2.46. The van der Waals surface area contributed by atoms with Gasteiger partial charge in [-0.1, -0.05) is 13.8 Å². The molecule has 1 aromatic rings. The number of likely N-dealkylation sites (N-methyl/N-ethyl adjacent to an activating group) is 1. The molecular formula is C17H27N3O3. The molecule has 1 N–H and O–H groups in total. The predicted molar refractivity (Wildman–Crippen MR) is 87.8 cm³/mol. The number of nitrogens with zero attached hydrogens (tertiary/aromatic N) is 2. The highest BCUT2D eigenvalue weighted by Gasteiger charge is 2.36. The Bertz CT molecular complexity index is 537. The molecule has 0 aliphatic carbocycles. The van der Waals surface area contributed by atoms with Crippen LogP contribution in [0.25, 0.3) is 0 Å². The van der Waals surface area contributed by atoms with Crippen LogP contribution in [-0.2, 0) is 16.1 Å². The lowest BCUT2D eigenvalue weighted by molar-refractivity contribution is -0.136. The first kappa shape index (κ1) is 17.5. The Morgan fingerprint density at radius 1 is 1.39 bits per heavy atom. The zero-order chi connectivity index (χ0) is 16.8. The van der Waals surface area contributed by atoms with Gasteiger partial charge in [0.2, 0.25) is 11.8 Å². The minimum Gasteiger partial charge on any atom is -0.464 e. The molecule has 0 radical (unpaired) electrons. The van der Waals surface area contributed by atoms with Gasteiger partial charge in [-0.05, 0) is 38.6 Å². The van der Waals surface area contributed by atoms with Gasteiger partial charge in [-0.15, -0.1) is 0 Å². The molecular weight excluding hydrogens is 294 g/mol. The van der Waals surface area contributed by atoms with E-state index in [1.54, 1.807) is 4.90 Å². The van der Waals surface area contributed by atoms with Crippen LogP contribution in [0.3, 0.4) is 0 Å². The number of aryl methyl sites for hydroxylation is 1. The fourth-order valence-electron chi connectivity index (χ4n) is 2.94. The lowest BCUT2D eigenvalue weighted by Gasteiger charge is -2.24. The van der Waals surface area contributed by atoms with Crippen molar-refractivity contribution >= 4 is 11.8 Å². The van der Waals surface area contributed by atoms with Crippen molar-refractivity contribution in [3.05, 3.63) is 23.7 Å². The molecule has 0 saturated carbocycles. The van der Waals surface area contributed by atoms with Gasteiger partial charge in [0, 0.05) is 19.5 Å². The number of likely N-dealkylation sites (tertiary alicyclic amines) is 1. The highest BCUT2D eigenvalue weighted by Crippen LogP contribution is 2.22. The van der Waals surface area contributed by atoms with E-state index in [-0.39, 0.29) is 17.9 Å². The summed E-state index contributed by atoms with van der Waals surface area (Å²) in [5, 5.41) is 2.96. The summed E-state index contributed by atoms with van der Waals surface area (Å²) in [5.74, 6) is 1.49. The number of amides is 2. The molecule has 0 bridgehead atoms. The normalized spacial score (nSPS) is 18.0. The van der Waals surface area contributed by atoms with Gasteiger partial charge in [-0.3, -0.25) is 9.59 Å². The quantitative estimate of drug-likeness (QED) is 0.789. The Labute approximate surface area is 137 Å². The molecule has 1 aliphatic heterocycles. The molecule has 6 nitrogen and oxygen atoms in total. The van der Waals surface area contributed by atoms with Crippen molar-refractivity contribution in [2.75, 3.05) is 26.2 Å². The van der Waals surface area contributed by atoms with Gasteiger partial charge in [-0.2, -0.15) is 0 Å². The van der Waals surface area contributed by atoms with Crippen LogP contribution in [0.4, 0.5) is 0 Å². The number of carbonyl (C=O) groups is 2. The number of hydrogen-bond donors (Lipinski definition) is 1. The van der Waals surface area contributed by atoms with Crippen LogP contribution in [0.1, 0.15) is 38.2 Å². The smallest absolute Gasteiger partial charge is 0.242 e. The first-order valence-electron chi connectivity index (χ1n) is 8.40. The van der Waals surface area contributed by atoms with Crippen LogP contribution >= 0.6 is 0 Å². The molecule has 1 aliphatic rings. The summed E-state index contributed by atoms with van der Waals surface area (Å²) in [4.78, 5) is 28.4. The molecule has 2 heterocycles. The summed E-state index contributed by atoms with van der Waals surface area (Å²) < 4.78 is 5.53. The monoisotopic (exact) mass is 321 g/mol. The highest BCUT2D eigenvalue weighted by atomic mass is 16.3. The van der Waals surface area contributed by atoms with E-state index in [4.69, 9.17) is 4.42 Å². The third kappa shape index (κ3) is 4.58. The minimum atomic E-state index is -0.385. The third-order valence-corrected chi connectivity index (χ3v) is 4.37. The molecule has 1 fully saturated rings. The number of hydrogen-bond acceptors (Lipinski definition) is 4. The Morgan fingerprint density at radius 3 is 2.74 bits per heavy atom. The van der Waals surface area contributed by atoms with Crippen molar-refractivity contribution in [1.29, 1.82) is 0 Å². The molecule has 6 heteroatoms. The molecule has 2 rings (SSSR count). The number of rotatable bonds is 8. The van der Waals surface area contributed by atoms with Crippen molar-refractivity contribution in [2.45, 2.75) is 46.2 Å². The van der Waals surface area contributed by atoms with Crippen LogP contribution in [0.2, 0.25) is 0 Å². The molecule has 1 atom stereocenters. The van der Waals surface area contributed by atoms with Gasteiger partial charge < -0.3 is 19.5 Å². The van der Waals surface area contributed by atoms with Gasteiger partial charge in [0.15, 0.2) is 0 Å². The summed E-state index contributed by atoms with van der Waals surface area (Å²) in [6.45, 7) is 9.82. The van der Waals surface area contributed by atoms with Crippen molar-refractivity contribution in [3.8, 4) is 0 Å². The van der Waals surface area contributed by atoms with Crippen LogP contribution in [0.15, 0.2) is 16.5 Å². The van der Waals surface area contributed by atoms with E-state index in [1.165, 1.54) is 0 Å². The van der Waals surface area contributed by atoms with E-state index in [0.717, 1.165) is 31.2 Å². The zero-order valence-electron chi connectivity index (χ0n) is 14.3. The summed E-state index contributed by atoms with van der Waals surface area (Å²) in [6, 6.07) is 3.34. The van der Waals surface area contributed by atoms with Gasteiger partial charge >= 0.3 is 0 Å². The SMILES string of the molecule is CCN(CC)CCNC(=O)C1CCC(=O)N1Cc1ccc(C)o1. The van der Waals surface area contributed by atoms with Crippen molar-refractivity contribution in [2.24, 2.45) is 0 Å². The van der Waals surface area contributed by atoms with E-state index < -0.39 is 0 Å². The maximum absolute atomic E-state index is 12.4. The number of carbonyl (C=O) groups excluding carboxylic acids is 2. The number of furan rings is 1. The second-order valence-corrected chi connectivity index (χ2v) is 5.91. The van der Waals surface area contributed by atoms with Gasteiger partial charge in [0.1, 0.15) is 17.6 Å². The molecule has 0 aromatic carbocycles. The molecule has 1 unspecified atom stereocenters. The Balaban J connectivity index is 1.89. The molecule has 2 amide bonds. The summed E-state index contributed by atoms with van der Waals surface area (Å²) in [7, 11) is 0. The van der Waals surface area contributed by atoms with Crippen molar-refractivity contribution < 1.29 is 14.0 Å². The predicted octanol–water partition coefficient (Wildman–Crippen LogP) is 1.54. The van der Waals surface area contributed by atoms with Gasteiger partial charge in [-0.25, -0.2) is 0 Å². The molecule has 23 heavy (non-hydrogen) atoms. The molecule has 0 spiro atoms. The minimum absolute atomic E-state index is 0.0166. The fourth-order valence-corrected chi connectivity index (χ4v) is 2.94. The van der Waals surface area contributed by atoms with Gasteiger partial charge in [0.25, 0.3) is 0 Å². The van der Waals surface area contributed by atoms with E-state index in [9.17, 15) is 9.59 Å². The maximum Gasteiger partial charge on any atom is 0.242 e. The zero-order valence-corrected chi connectivity index (χ0v) is 14.3. The molecule has 1 aromatic heterocycles. The maximum atomic E-state index is 12.4. The van der Waals surface area contributed by atoms with E-state index in [1.807, 2.05) is 19.1 Å². The average molecular weight is 321 g/mol. The first-order valence-corrected chi connectivity index (χ1v) is 8.40. The van der Waals surface area contributed by atoms with Crippen LogP contribution < -0.4 is 5.32 Å². The largest absolute Gasteiger partial charge is 0.464 e. The Morgan fingerprint density at radius 2 is 2.13 bits per heavy atom. The topological polar surface area (TPSA) is 65.8 Å². The van der Waals surface area contributed by atoms with Gasteiger partial charge in [0.05, 0.1) is 6.54 Å². The van der Waals surface area contributed by atoms with Crippen LogP contribution in [0, 0.1) is 6.92 Å². The van der Waals surface area contributed by atoms with Crippen LogP contribution in [-0.4, -0.2) is 53.8 Å². The van der Waals surface area contributed by atoms with E-state index in [0.29, 0.717) is 25.9 Å². The molecule has 128 valence electrons. The second-order valence-electron chi connectivity index (χ2n) is 5.91. The standard InChI is InChI=1S/C17H27N3O3/c1-4-19(5-2)11-10-18-17(22)15-8-9-16(21)20(15)12-14-7-6-13(3)23-14/h6-7,15H,4-5,8-12H2,1-3H3,(H,18,22). The summed E-state index contributed by atoms with van der Waals surface area (Å²) in [5.41, 5.74) is 0. The van der Waals surface area contributed by atoms with Crippen LogP contribution in [0.5, 0.6) is 0 Å². The van der Waals surface area contributed by atoms with E-state index >= 15 is 0 Å². The second kappa shape index (κ2) is 8.15. The van der Waals surface area contributed by atoms with Crippen molar-refractivity contribution in [3.63, 3.8) is 0 Å². The number of nitrogens with one attached hydrogen (secondary N) is 1. The fraction of sp³-hybridized carbons (Fsp3) is 0.647. The van der Waals surface area contributed by atoms with E-state index in [2.05, 4.69) is 24.1 Å². The van der Waals surface area contributed by atoms with Crippen molar-refractivity contribution in [1.82, 2.24) is 15.1 Å². The lowest BCUT2D eigenvalue weighted by atomic mass is 10.2. The third-order valence-electron chi connectivity index (χ3n) is 4.37.